The zero-order valence-corrected chi connectivity index (χ0v) is 20.3. The monoisotopic (exact) mass is 543 g/mol. The molecule has 0 aromatic heterocycles. The number of rotatable bonds is 7. The van der Waals surface area contributed by atoms with E-state index < -0.39 is 10.0 Å². The van der Waals surface area contributed by atoms with Gasteiger partial charge in [0, 0.05) is 20.1 Å². The number of nitrogens with zero attached hydrogens (tertiary/aromatic N) is 2. The van der Waals surface area contributed by atoms with E-state index in [0.29, 0.717) is 12.5 Å². The van der Waals surface area contributed by atoms with Crippen molar-refractivity contribution in [2.75, 3.05) is 26.7 Å². The summed E-state index contributed by atoms with van der Waals surface area (Å²) in [5.41, 5.74) is 2.11. The van der Waals surface area contributed by atoms with Crippen LogP contribution in [0.2, 0.25) is 0 Å². The largest absolute Gasteiger partial charge is 0.354 e. The minimum Gasteiger partial charge on any atom is -0.354 e. The zero-order chi connectivity index (χ0) is 20.7. The Kier molecular flexibility index (Phi) is 9.53. The minimum atomic E-state index is -3.71. The molecule has 1 aliphatic rings. The van der Waals surface area contributed by atoms with Crippen molar-refractivity contribution in [1.29, 1.82) is 0 Å². The fraction of sp³-hybridized carbons (Fsp3) is 0.381. The van der Waals surface area contributed by atoms with Gasteiger partial charge in [-0.05, 0) is 49.2 Å². The molecule has 1 saturated heterocycles. The second kappa shape index (κ2) is 11.6. The van der Waals surface area contributed by atoms with Gasteiger partial charge in [0.1, 0.15) is 0 Å². The first kappa shape index (κ1) is 24.6. The highest BCUT2D eigenvalue weighted by atomic mass is 127. The van der Waals surface area contributed by atoms with E-state index in [2.05, 4.69) is 44.8 Å². The lowest BCUT2D eigenvalue weighted by atomic mass is 10.1. The molecule has 1 atom stereocenters. The molecule has 0 bridgehead atoms. The van der Waals surface area contributed by atoms with Crippen LogP contribution in [0.5, 0.6) is 0 Å². The van der Waals surface area contributed by atoms with Gasteiger partial charge in [0.2, 0.25) is 10.0 Å². The van der Waals surface area contributed by atoms with E-state index in [1.165, 1.54) is 24.5 Å². The molecule has 1 unspecified atom stereocenters. The summed E-state index contributed by atoms with van der Waals surface area (Å²) >= 11 is 0. The number of nitrogens with one attached hydrogen (secondary N) is 2. The molecular weight excluding hydrogens is 513 g/mol. The molecule has 0 radical (unpaired) electrons. The van der Waals surface area contributed by atoms with Crippen molar-refractivity contribution >= 4 is 40.0 Å². The summed E-state index contributed by atoms with van der Waals surface area (Å²) in [5.74, 6) is 0.672. The molecule has 2 aromatic rings. The van der Waals surface area contributed by atoms with Crippen LogP contribution in [0.15, 0.2) is 64.5 Å². The Labute approximate surface area is 196 Å². The summed E-state index contributed by atoms with van der Waals surface area (Å²) in [6, 6.07) is 17.4. The number of aliphatic imine (C=N–C) groups is 1. The Morgan fingerprint density at radius 1 is 1.10 bits per heavy atom. The number of nitrogens with two attached hydrogens (primary N) is 1. The molecule has 164 valence electrons. The number of hydrogen-bond acceptors (Lipinski definition) is 4. The van der Waals surface area contributed by atoms with E-state index in [-0.39, 0.29) is 34.9 Å². The molecule has 1 fully saturated rings. The van der Waals surface area contributed by atoms with Gasteiger partial charge in [-0.25, -0.2) is 13.6 Å². The predicted molar refractivity (Wildman–Crippen MR) is 131 cm³/mol. The molecule has 1 heterocycles. The van der Waals surface area contributed by atoms with Crippen LogP contribution in [-0.4, -0.2) is 46.0 Å². The SMILES string of the molecule is CN=C(NCc1cccc(S(N)(=O)=O)c1)NCC(c1ccccc1)N1CCCC1.I. The maximum absolute atomic E-state index is 11.5. The average Bonchev–Trinajstić information content (AvgIpc) is 3.25. The second-order valence-electron chi connectivity index (χ2n) is 7.17. The van der Waals surface area contributed by atoms with Gasteiger partial charge in [0.25, 0.3) is 0 Å². The molecule has 4 N–H and O–H groups in total. The molecule has 3 rings (SSSR count). The molecule has 9 heteroatoms. The zero-order valence-electron chi connectivity index (χ0n) is 17.1. The Morgan fingerprint density at radius 3 is 2.43 bits per heavy atom. The predicted octanol–water partition coefficient (Wildman–Crippen LogP) is 2.45. The summed E-state index contributed by atoms with van der Waals surface area (Å²) in [6.45, 7) is 3.39. The molecule has 1 aliphatic heterocycles. The number of primary sulfonamides is 1. The number of guanidine groups is 1. The lowest BCUT2D eigenvalue weighted by Crippen LogP contribution is -2.42. The van der Waals surface area contributed by atoms with E-state index in [9.17, 15) is 8.42 Å². The lowest BCUT2D eigenvalue weighted by Gasteiger charge is -2.29. The van der Waals surface area contributed by atoms with Crippen molar-refractivity contribution in [3.8, 4) is 0 Å². The summed E-state index contributed by atoms with van der Waals surface area (Å²) in [7, 11) is -1.98. The first-order valence-electron chi connectivity index (χ1n) is 9.82. The van der Waals surface area contributed by atoms with Gasteiger partial charge in [0.15, 0.2) is 5.96 Å². The van der Waals surface area contributed by atoms with Crippen LogP contribution in [0.3, 0.4) is 0 Å². The first-order valence-corrected chi connectivity index (χ1v) is 11.4. The van der Waals surface area contributed by atoms with E-state index in [1.54, 1.807) is 19.2 Å². The van der Waals surface area contributed by atoms with Crippen LogP contribution in [-0.2, 0) is 16.6 Å². The van der Waals surface area contributed by atoms with Crippen molar-refractivity contribution < 1.29 is 8.42 Å². The Hall–Kier alpha value is -1.69. The van der Waals surface area contributed by atoms with E-state index in [4.69, 9.17) is 5.14 Å². The highest BCUT2D eigenvalue weighted by Crippen LogP contribution is 2.24. The highest BCUT2D eigenvalue weighted by molar-refractivity contribution is 14.0. The topological polar surface area (TPSA) is 99.8 Å². The molecule has 0 amide bonds. The summed E-state index contributed by atoms with van der Waals surface area (Å²) in [4.78, 5) is 6.91. The summed E-state index contributed by atoms with van der Waals surface area (Å²) in [5, 5.41) is 11.9. The van der Waals surface area contributed by atoms with Crippen LogP contribution in [0, 0.1) is 0 Å². The normalized spacial score (nSPS) is 16.0. The number of likely N-dealkylation sites (tertiary alicyclic amines) is 1. The van der Waals surface area contributed by atoms with E-state index >= 15 is 0 Å². The Bertz CT molecular complexity index is 931. The molecular formula is C21H30IN5O2S. The lowest BCUT2D eigenvalue weighted by molar-refractivity contribution is 0.245. The van der Waals surface area contributed by atoms with Gasteiger partial charge in [-0.2, -0.15) is 0 Å². The molecule has 7 nitrogen and oxygen atoms in total. The fourth-order valence-corrected chi connectivity index (χ4v) is 4.20. The molecule has 0 aliphatic carbocycles. The number of halogens is 1. The van der Waals surface area contributed by atoms with Crippen LogP contribution in [0.4, 0.5) is 0 Å². The minimum absolute atomic E-state index is 0. The molecule has 30 heavy (non-hydrogen) atoms. The summed E-state index contributed by atoms with van der Waals surface area (Å²) in [6.07, 6.45) is 2.47. The van der Waals surface area contributed by atoms with Gasteiger partial charge in [-0.1, -0.05) is 42.5 Å². The van der Waals surface area contributed by atoms with Gasteiger partial charge in [-0.3, -0.25) is 9.89 Å². The van der Waals surface area contributed by atoms with Crippen molar-refractivity contribution in [1.82, 2.24) is 15.5 Å². The van der Waals surface area contributed by atoms with Gasteiger partial charge < -0.3 is 10.6 Å². The smallest absolute Gasteiger partial charge is 0.238 e. The maximum Gasteiger partial charge on any atom is 0.238 e. The molecule has 0 saturated carbocycles. The third-order valence-electron chi connectivity index (χ3n) is 5.14. The summed E-state index contributed by atoms with van der Waals surface area (Å²) < 4.78 is 23.1. The van der Waals surface area contributed by atoms with Gasteiger partial charge >= 0.3 is 0 Å². The van der Waals surface area contributed by atoms with Gasteiger partial charge in [0.05, 0.1) is 10.9 Å². The van der Waals surface area contributed by atoms with Crippen molar-refractivity contribution in [3.63, 3.8) is 0 Å². The fourth-order valence-electron chi connectivity index (χ4n) is 3.62. The third-order valence-corrected chi connectivity index (χ3v) is 6.05. The Morgan fingerprint density at radius 2 is 1.80 bits per heavy atom. The van der Waals surface area contributed by atoms with Crippen molar-refractivity contribution in [2.45, 2.75) is 30.3 Å². The molecule has 2 aromatic carbocycles. The van der Waals surface area contributed by atoms with Crippen molar-refractivity contribution in [3.05, 3.63) is 65.7 Å². The maximum atomic E-state index is 11.5. The van der Waals surface area contributed by atoms with E-state index in [0.717, 1.165) is 25.2 Å². The van der Waals surface area contributed by atoms with E-state index in [1.807, 2.05) is 12.1 Å². The van der Waals surface area contributed by atoms with Crippen LogP contribution in [0.25, 0.3) is 0 Å². The third kappa shape index (κ3) is 6.93. The number of sulfonamides is 1. The van der Waals surface area contributed by atoms with Crippen LogP contribution in [0.1, 0.15) is 30.0 Å². The Balaban J connectivity index is 0.00000320. The first-order chi connectivity index (χ1) is 14.0. The van der Waals surface area contributed by atoms with Gasteiger partial charge in [-0.15, -0.1) is 24.0 Å². The number of benzene rings is 2. The van der Waals surface area contributed by atoms with Crippen molar-refractivity contribution in [2.24, 2.45) is 10.1 Å². The standard InChI is InChI=1S/C21H29N5O2S.HI/c1-23-21(24-15-17-8-7-11-19(14-17)29(22,27)28)25-16-20(26-12-5-6-13-26)18-9-3-2-4-10-18;/h2-4,7-11,14,20H,5-6,12-13,15-16H2,1H3,(H2,22,27,28)(H2,23,24,25);1H. The van der Waals surface area contributed by atoms with Crippen LogP contribution >= 0.6 is 24.0 Å². The van der Waals surface area contributed by atoms with Crippen LogP contribution < -0.4 is 15.8 Å². The quantitative estimate of drug-likeness (QED) is 0.283. The number of hydrogen-bond donors (Lipinski definition) is 3. The highest BCUT2D eigenvalue weighted by Gasteiger charge is 2.23. The average molecular weight is 543 g/mol. The second-order valence-corrected chi connectivity index (χ2v) is 8.73. The molecule has 0 spiro atoms.